The minimum atomic E-state index is 0. The van der Waals surface area contributed by atoms with Gasteiger partial charge in [0.15, 0.2) is 0 Å². The molecule has 0 saturated carbocycles. The molecule has 0 aliphatic carbocycles. The number of nitrogens with zero attached hydrogens (tertiary/aromatic N) is 3. The van der Waals surface area contributed by atoms with Gasteiger partial charge < -0.3 is 10.6 Å². The zero-order valence-corrected chi connectivity index (χ0v) is 15.9. The van der Waals surface area contributed by atoms with Crippen LogP contribution in [-0.2, 0) is 6.54 Å². The summed E-state index contributed by atoms with van der Waals surface area (Å²) in [5, 5.41) is 0. The minimum absolute atomic E-state index is 0. The fourth-order valence-electron chi connectivity index (χ4n) is 2.64. The highest BCUT2D eigenvalue weighted by atomic mass is 79.9. The van der Waals surface area contributed by atoms with Crippen LogP contribution in [0.5, 0.6) is 0 Å². The first-order chi connectivity index (χ1) is 10.2. The molecule has 0 radical (unpaired) electrons. The Morgan fingerprint density at radius 2 is 1.78 bits per heavy atom. The summed E-state index contributed by atoms with van der Waals surface area (Å²) in [5.41, 5.74) is 7.96. The highest BCUT2D eigenvalue weighted by molar-refractivity contribution is 9.10. The first-order valence-electron chi connectivity index (χ1n) is 7.14. The lowest BCUT2D eigenvalue weighted by Crippen LogP contribution is -2.46. The highest BCUT2D eigenvalue weighted by Gasteiger charge is 2.17. The molecule has 2 aromatic rings. The number of pyridine rings is 1. The van der Waals surface area contributed by atoms with Crippen LogP contribution >= 0.6 is 40.7 Å². The van der Waals surface area contributed by atoms with Crippen LogP contribution in [0.25, 0.3) is 0 Å². The van der Waals surface area contributed by atoms with Crippen LogP contribution < -0.4 is 10.6 Å². The topological polar surface area (TPSA) is 45.4 Å². The molecule has 1 fully saturated rings. The molecule has 1 aromatic carbocycles. The molecule has 1 saturated heterocycles. The second-order valence-electron chi connectivity index (χ2n) is 5.34. The van der Waals surface area contributed by atoms with Crippen LogP contribution in [0.1, 0.15) is 5.56 Å². The molecule has 1 aromatic heterocycles. The Balaban J connectivity index is 0.00000132. The van der Waals surface area contributed by atoms with E-state index in [1.54, 1.807) is 0 Å². The van der Waals surface area contributed by atoms with Gasteiger partial charge in [0.1, 0.15) is 5.82 Å². The minimum Gasteiger partial charge on any atom is -0.399 e. The van der Waals surface area contributed by atoms with Crippen molar-refractivity contribution in [3.63, 3.8) is 0 Å². The predicted molar refractivity (Wildman–Crippen MR) is 105 cm³/mol. The van der Waals surface area contributed by atoms with Gasteiger partial charge in [-0.05, 0) is 45.8 Å². The molecular weight excluding hydrogens is 399 g/mol. The molecule has 126 valence electrons. The van der Waals surface area contributed by atoms with E-state index in [2.05, 4.69) is 48.9 Å². The Morgan fingerprint density at radius 3 is 2.39 bits per heavy atom. The Morgan fingerprint density at radius 1 is 1.04 bits per heavy atom. The molecular formula is C16H21BrCl2N4. The van der Waals surface area contributed by atoms with Gasteiger partial charge in [-0.1, -0.05) is 12.1 Å². The second-order valence-corrected chi connectivity index (χ2v) is 6.26. The molecule has 4 nitrogen and oxygen atoms in total. The number of nitrogen functional groups attached to an aromatic ring is 1. The number of hydrogen-bond donors (Lipinski definition) is 1. The van der Waals surface area contributed by atoms with Gasteiger partial charge in [-0.15, -0.1) is 24.8 Å². The summed E-state index contributed by atoms with van der Waals surface area (Å²) in [6, 6.07) is 12.3. The number of piperazine rings is 1. The summed E-state index contributed by atoms with van der Waals surface area (Å²) >= 11 is 3.42. The second kappa shape index (κ2) is 9.33. The number of aromatic nitrogens is 1. The number of hydrogen-bond acceptors (Lipinski definition) is 4. The molecule has 0 amide bonds. The fourth-order valence-corrected chi connectivity index (χ4v) is 2.87. The average Bonchev–Trinajstić information content (AvgIpc) is 2.49. The largest absolute Gasteiger partial charge is 0.399 e. The molecule has 2 N–H and O–H groups in total. The zero-order chi connectivity index (χ0) is 14.7. The summed E-state index contributed by atoms with van der Waals surface area (Å²) in [4.78, 5) is 9.26. The van der Waals surface area contributed by atoms with E-state index in [4.69, 9.17) is 5.73 Å². The summed E-state index contributed by atoms with van der Waals surface area (Å²) < 4.78 is 1.02. The van der Waals surface area contributed by atoms with Crippen molar-refractivity contribution < 1.29 is 0 Å². The van der Waals surface area contributed by atoms with E-state index >= 15 is 0 Å². The van der Waals surface area contributed by atoms with E-state index in [0.29, 0.717) is 0 Å². The molecule has 7 heteroatoms. The van der Waals surface area contributed by atoms with Crippen LogP contribution in [0.4, 0.5) is 11.5 Å². The van der Waals surface area contributed by atoms with Crippen molar-refractivity contribution in [1.82, 2.24) is 9.88 Å². The van der Waals surface area contributed by atoms with Crippen molar-refractivity contribution in [3.8, 4) is 0 Å². The molecule has 23 heavy (non-hydrogen) atoms. The van der Waals surface area contributed by atoms with Gasteiger partial charge in [-0.3, -0.25) is 4.90 Å². The van der Waals surface area contributed by atoms with Crippen LogP contribution in [-0.4, -0.2) is 36.1 Å². The van der Waals surface area contributed by atoms with E-state index in [1.165, 1.54) is 5.56 Å². The van der Waals surface area contributed by atoms with Crippen LogP contribution in [0.2, 0.25) is 0 Å². The lowest BCUT2D eigenvalue weighted by molar-refractivity contribution is 0.249. The van der Waals surface area contributed by atoms with E-state index in [-0.39, 0.29) is 24.8 Å². The average molecular weight is 420 g/mol. The van der Waals surface area contributed by atoms with Gasteiger partial charge >= 0.3 is 0 Å². The number of benzene rings is 1. The van der Waals surface area contributed by atoms with Gasteiger partial charge in [0, 0.05) is 49.1 Å². The molecule has 3 rings (SSSR count). The number of halogens is 3. The maximum atomic E-state index is 5.84. The maximum Gasteiger partial charge on any atom is 0.128 e. The first kappa shape index (κ1) is 20.0. The summed E-state index contributed by atoms with van der Waals surface area (Å²) in [5.74, 6) is 1.06. The number of anilines is 2. The quantitative estimate of drug-likeness (QED) is 0.772. The van der Waals surface area contributed by atoms with Crippen molar-refractivity contribution in [2.24, 2.45) is 0 Å². The molecule has 0 spiro atoms. The normalized spacial score (nSPS) is 14.7. The van der Waals surface area contributed by atoms with Crippen molar-refractivity contribution in [2.45, 2.75) is 6.54 Å². The molecule has 1 aliphatic rings. The molecule has 0 unspecified atom stereocenters. The van der Waals surface area contributed by atoms with Crippen LogP contribution in [0, 0.1) is 0 Å². The van der Waals surface area contributed by atoms with Gasteiger partial charge in [0.05, 0.1) is 0 Å². The lowest BCUT2D eigenvalue weighted by atomic mass is 10.2. The SMILES string of the molecule is Cl.Cl.Nc1cccc(CN2CCN(c3ccc(Br)cn3)CC2)c1. The van der Waals surface area contributed by atoms with Crippen molar-refractivity contribution in [2.75, 3.05) is 36.8 Å². The van der Waals surface area contributed by atoms with Crippen molar-refractivity contribution in [3.05, 3.63) is 52.6 Å². The maximum absolute atomic E-state index is 5.84. The predicted octanol–water partition coefficient (Wildman–Crippen LogP) is 3.59. The highest BCUT2D eigenvalue weighted by Crippen LogP contribution is 2.17. The van der Waals surface area contributed by atoms with E-state index in [9.17, 15) is 0 Å². The Bertz CT molecular complexity index is 601. The third kappa shape index (κ3) is 5.53. The molecule has 1 aliphatic heterocycles. The van der Waals surface area contributed by atoms with E-state index in [0.717, 1.165) is 48.7 Å². The third-order valence-electron chi connectivity index (χ3n) is 3.77. The molecule has 0 bridgehead atoms. The van der Waals surface area contributed by atoms with Gasteiger partial charge in [-0.25, -0.2) is 4.98 Å². The van der Waals surface area contributed by atoms with Gasteiger partial charge in [-0.2, -0.15) is 0 Å². The summed E-state index contributed by atoms with van der Waals surface area (Å²) in [7, 11) is 0. The molecule has 0 atom stereocenters. The van der Waals surface area contributed by atoms with Gasteiger partial charge in [0.25, 0.3) is 0 Å². The Kier molecular flexibility index (Phi) is 8.12. The van der Waals surface area contributed by atoms with E-state index < -0.39 is 0 Å². The van der Waals surface area contributed by atoms with Crippen molar-refractivity contribution in [1.29, 1.82) is 0 Å². The Labute approximate surface area is 158 Å². The van der Waals surface area contributed by atoms with Crippen LogP contribution in [0.3, 0.4) is 0 Å². The smallest absolute Gasteiger partial charge is 0.128 e. The van der Waals surface area contributed by atoms with Crippen molar-refractivity contribution >= 4 is 52.2 Å². The van der Waals surface area contributed by atoms with Gasteiger partial charge in [0.2, 0.25) is 0 Å². The first-order valence-corrected chi connectivity index (χ1v) is 7.93. The van der Waals surface area contributed by atoms with Crippen LogP contribution in [0.15, 0.2) is 47.1 Å². The van der Waals surface area contributed by atoms with E-state index in [1.807, 2.05) is 24.4 Å². The monoisotopic (exact) mass is 418 g/mol. The zero-order valence-electron chi connectivity index (χ0n) is 12.7. The fraction of sp³-hybridized carbons (Fsp3) is 0.312. The lowest BCUT2D eigenvalue weighted by Gasteiger charge is -2.35. The Hall–Kier alpha value is -1.01. The summed E-state index contributed by atoms with van der Waals surface area (Å²) in [6.45, 7) is 5.08. The summed E-state index contributed by atoms with van der Waals surface area (Å²) in [6.07, 6.45) is 1.86. The standard InChI is InChI=1S/C16H19BrN4.2ClH/c17-14-4-5-16(19-11-14)21-8-6-20(7-9-21)12-13-2-1-3-15(18)10-13;;/h1-5,10-11H,6-9,12,18H2;2*1H. The molecule has 2 heterocycles. The number of rotatable bonds is 3. The third-order valence-corrected chi connectivity index (χ3v) is 4.23. The number of nitrogens with two attached hydrogens (primary N) is 1.